The van der Waals surface area contributed by atoms with Crippen LogP contribution >= 0.6 is 27.5 Å². The van der Waals surface area contributed by atoms with Gasteiger partial charge in [-0.15, -0.1) is 0 Å². The Morgan fingerprint density at radius 2 is 2.14 bits per heavy atom. The summed E-state index contributed by atoms with van der Waals surface area (Å²) in [7, 11) is 0. The van der Waals surface area contributed by atoms with Gasteiger partial charge in [-0.25, -0.2) is 4.79 Å². The molecule has 1 N–H and O–H groups in total. The third-order valence-corrected chi connectivity index (χ3v) is 4.10. The van der Waals surface area contributed by atoms with Crippen molar-refractivity contribution >= 4 is 33.6 Å². The van der Waals surface area contributed by atoms with Gasteiger partial charge in [0.15, 0.2) is 0 Å². The van der Waals surface area contributed by atoms with E-state index in [1.807, 2.05) is 39.0 Å². The average Bonchev–Trinajstić information content (AvgIpc) is 2.27. The van der Waals surface area contributed by atoms with Gasteiger partial charge in [0, 0.05) is 35.2 Å². The Kier molecular flexibility index (Phi) is 5.17. The topological polar surface area (TPSA) is 41.6 Å². The van der Waals surface area contributed by atoms with Crippen LogP contribution in [0.15, 0.2) is 22.7 Å². The Balaban J connectivity index is 1.75. The number of halogens is 2. The smallest absolute Gasteiger partial charge is 0.410 e. The fraction of sp³-hybridized carbons (Fsp3) is 0.533. The molecule has 1 aromatic rings. The molecule has 0 bridgehead atoms. The van der Waals surface area contributed by atoms with E-state index < -0.39 is 5.60 Å². The average molecular weight is 376 g/mol. The molecule has 0 radical (unpaired) electrons. The van der Waals surface area contributed by atoms with Gasteiger partial charge in [0.1, 0.15) is 5.60 Å². The molecular formula is C15H20BrClN2O2. The van der Waals surface area contributed by atoms with E-state index in [0.717, 1.165) is 16.6 Å². The minimum absolute atomic E-state index is 0.242. The second kappa shape index (κ2) is 6.55. The lowest BCUT2D eigenvalue weighted by atomic mass is 10.1. The second-order valence-electron chi connectivity index (χ2n) is 6.20. The van der Waals surface area contributed by atoms with Crippen LogP contribution in [0.2, 0.25) is 5.02 Å². The van der Waals surface area contributed by atoms with Crippen LogP contribution in [0.5, 0.6) is 0 Å². The van der Waals surface area contributed by atoms with Gasteiger partial charge >= 0.3 is 6.09 Å². The van der Waals surface area contributed by atoms with Crippen molar-refractivity contribution in [1.82, 2.24) is 10.2 Å². The zero-order valence-corrected chi connectivity index (χ0v) is 14.8. The number of hydrogen-bond acceptors (Lipinski definition) is 3. The number of carbonyl (C=O) groups is 1. The Bertz CT molecular complexity index is 525. The summed E-state index contributed by atoms with van der Waals surface area (Å²) in [5, 5.41) is 4.13. The number of hydrogen-bond donors (Lipinski definition) is 1. The molecule has 1 heterocycles. The largest absolute Gasteiger partial charge is 0.444 e. The van der Waals surface area contributed by atoms with Crippen LogP contribution in [0.3, 0.4) is 0 Å². The van der Waals surface area contributed by atoms with Crippen molar-refractivity contribution in [2.45, 2.75) is 39.0 Å². The maximum absolute atomic E-state index is 11.8. The highest BCUT2D eigenvalue weighted by atomic mass is 79.9. The third-order valence-electron chi connectivity index (χ3n) is 3.13. The van der Waals surface area contributed by atoms with Crippen LogP contribution in [0.25, 0.3) is 0 Å². The quantitative estimate of drug-likeness (QED) is 0.873. The van der Waals surface area contributed by atoms with Gasteiger partial charge in [0.05, 0.1) is 0 Å². The van der Waals surface area contributed by atoms with Crippen LogP contribution in [-0.2, 0) is 11.3 Å². The lowest BCUT2D eigenvalue weighted by Gasteiger charge is -2.40. The van der Waals surface area contributed by atoms with E-state index in [2.05, 4.69) is 21.2 Å². The number of amides is 1. The van der Waals surface area contributed by atoms with Crippen molar-refractivity contribution in [3.8, 4) is 0 Å². The summed E-state index contributed by atoms with van der Waals surface area (Å²) in [4.78, 5) is 13.5. The van der Waals surface area contributed by atoms with Crippen molar-refractivity contribution in [3.05, 3.63) is 33.3 Å². The van der Waals surface area contributed by atoms with Crippen LogP contribution in [-0.4, -0.2) is 35.7 Å². The molecule has 1 aliphatic heterocycles. The molecule has 1 aliphatic rings. The van der Waals surface area contributed by atoms with Crippen molar-refractivity contribution < 1.29 is 9.53 Å². The molecule has 4 nitrogen and oxygen atoms in total. The molecular weight excluding hydrogens is 356 g/mol. The van der Waals surface area contributed by atoms with Gasteiger partial charge in [-0.05, 0) is 38.5 Å². The Hall–Kier alpha value is -0.780. The summed E-state index contributed by atoms with van der Waals surface area (Å²) in [5.74, 6) is 0. The first-order valence-electron chi connectivity index (χ1n) is 6.90. The van der Waals surface area contributed by atoms with Gasteiger partial charge in [-0.1, -0.05) is 33.6 Å². The number of rotatable bonds is 3. The number of carbonyl (C=O) groups excluding carboxylic acids is 1. The van der Waals surface area contributed by atoms with Crippen LogP contribution in [0, 0.1) is 0 Å². The summed E-state index contributed by atoms with van der Waals surface area (Å²) in [6, 6.07) is 6.05. The predicted octanol–water partition coefficient (Wildman–Crippen LogP) is 3.81. The lowest BCUT2D eigenvalue weighted by Crippen LogP contribution is -2.60. The van der Waals surface area contributed by atoms with E-state index in [4.69, 9.17) is 16.3 Å². The minimum atomic E-state index is -0.441. The molecule has 0 atom stereocenters. The summed E-state index contributed by atoms with van der Waals surface area (Å²) >= 11 is 9.41. The van der Waals surface area contributed by atoms with Crippen molar-refractivity contribution in [2.75, 3.05) is 13.1 Å². The standard InChI is InChI=1S/C15H20BrClN2O2/c1-15(2,3)21-14(20)19-8-12(9-19)18-7-10-4-5-11(17)6-13(10)16/h4-6,12,18H,7-9H2,1-3H3. The van der Waals surface area contributed by atoms with Crippen molar-refractivity contribution in [1.29, 1.82) is 0 Å². The van der Waals surface area contributed by atoms with Gasteiger partial charge in [0.25, 0.3) is 0 Å². The van der Waals surface area contributed by atoms with E-state index in [0.29, 0.717) is 24.2 Å². The first-order valence-corrected chi connectivity index (χ1v) is 8.07. The summed E-state index contributed by atoms with van der Waals surface area (Å²) in [5.41, 5.74) is 0.708. The molecule has 0 unspecified atom stereocenters. The minimum Gasteiger partial charge on any atom is -0.444 e. The van der Waals surface area contributed by atoms with Crippen LogP contribution < -0.4 is 5.32 Å². The molecule has 0 aromatic heterocycles. The van der Waals surface area contributed by atoms with Crippen LogP contribution in [0.4, 0.5) is 4.79 Å². The molecule has 2 rings (SSSR count). The summed E-state index contributed by atoms with van der Waals surface area (Å²) < 4.78 is 6.31. The molecule has 0 saturated carbocycles. The predicted molar refractivity (Wildman–Crippen MR) is 87.6 cm³/mol. The van der Waals surface area contributed by atoms with Crippen molar-refractivity contribution in [3.63, 3.8) is 0 Å². The zero-order chi connectivity index (χ0) is 15.6. The number of ether oxygens (including phenoxy) is 1. The highest BCUT2D eigenvalue weighted by Crippen LogP contribution is 2.22. The number of likely N-dealkylation sites (tertiary alicyclic amines) is 1. The molecule has 116 valence electrons. The van der Waals surface area contributed by atoms with Crippen LogP contribution in [0.1, 0.15) is 26.3 Å². The molecule has 1 amide bonds. The Morgan fingerprint density at radius 3 is 2.71 bits per heavy atom. The molecule has 1 saturated heterocycles. The maximum atomic E-state index is 11.8. The van der Waals surface area contributed by atoms with E-state index >= 15 is 0 Å². The molecule has 1 aromatic carbocycles. The monoisotopic (exact) mass is 374 g/mol. The molecule has 0 spiro atoms. The number of benzene rings is 1. The molecule has 1 fully saturated rings. The second-order valence-corrected chi connectivity index (χ2v) is 7.49. The van der Waals surface area contributed by atoms with E-state index in [9.17, 15) is 4.79 Å². The van der Waals surface area contributed by atoms with Gasteiger partial charge in [0.2, 0.25) is 0 Å². The van der Waals surface area contributed by atoms with Crippen molar-refractivity contribution in [2.24, 2.45) is 0 Å². The van der Waals surface area contributed by atoms with E-state index in [1.165, 1.54) is 0 Å². The summed E-state index contributed by atoms with van der Waals surface area (Å²) in [6.07, 6.45) is -0.242. The number of nitrogens with one attached hydrogen (secondary N) is 1. The number of nitrogens with zero attached hydrogens (tertiary/aromatic N) is 1. The summed E-state index contributed by atoms with van der Waals surface area (Å²) in [6.45, 7) is 7.72. The first kappa shape index (κ1) is 16.6. The van der Waals surface area contributed by atoms with E-state index in [1.54, 1.807) is 4.90 Å². The third kappa shape index (κ3) is 4.87. The van der Waals surface area contributed by atoms with Gasteiger partial charge < -0.3 is 15.0 Å². The zero-order valence-electron chi connectivity index (χ0n) is 12.5. The first-order chi connectivity index (χ1) is 9.74. The Labute approximate surface area is 138 Å². The fourth-order valence-electron chi connectivity index (χ4n) is 2.00. The lowest BCUT2D eigenvalue weighted by molar-refractivity contribution is 0.00518. The fourth-order valence-corrected chi connectivity index (χ4v) is 2.83. The highest BCUT2D eigenvalue weighted by molar-refractivity contribution is 9.10. The maximum Gasteiger partial charge on any atom is 0.410 e. The van der Waals surface area contributed by atoms with Gasteiger partial charge in [-0.2, -0.15) is 0 Å². The van der Waals surface area contributed by atoms with E-state index in [-0.39, 0.29) is 6.09 Å². The Morgan fingerprint density at radius 1 is 1.48 bits per heavy atom. The molecule has 6 heteroatoms. The highest BCUT2D eigenvalue weighted by Gasteiger charge is 2.33. The molecule has 0 aliphatic carbocycles. The SMILES string of the molecule is CC(C)(C)OC(=O)N1CC(NCc2ccc(Cl)cc2Br)C1. The molecule has 21 heavy (non-hydrogen) atoms. The van der Waals surface area contributed by atoms with Gasteiger partial charge in [-0.3, -0.25) is 0 Å². The normalized spacial score (nSPS) is 15.8.